The minimum atomic E-state index is -0.481. The van der Waals surface area contributed by atoms with Crippen LogP contribution in [0.1, 0.15) is 44.3 Å². The molecule has 112 valence electrons. The Labute approximate surface area is 135 Å². The molecule has 2 nitrogen and oxygen atoms in total. The maximum Gasteiger partial charge on any atom is 0.0816 e. The Hall–Kier alpha value is -0.0900. The van der Waals surface area contributed by atoms with Crippen LogP contribution < -0.4 is 0 Å². The Kier molecular flexibility index (Phi) is 6.34. The Morgan fingerprint density at radius 1 is 1.45 bits per heavy atom. The van der Waals surface area contributed by atoms with E-state index in [0.29, 0.717) is 5.02 Å². The summed E-state index contributed by atoms with van der Waals surface area (Å²) in [6.45, 7) is 5.35. The number of rotatable bonds is 7. The molecule has 1 aliphatic carbocycles. The molecule has 0 spiro atoms. The van der Waals surface area contributed by atoms with Crippen molar-refractivity contribution in [2.45, 2.75) is 38.7 Å². The number of halogens is 2. The third-order valence-corrected chi connectivity index (χ3v) is 5.05. The largest absolute Gasteiger partial charge is 0.388 e. The van der Waals surface area contributed by atoms with E-state index in [1.165, 1.54) is 25.8 Å². The Morgan fingerprint density at radius 3 is 2.75 bits per heavy atom. The smallest absolute Gasteiger partial charge is 0.0816 e. The van der Waals surface area contributed by atoms with Crippen molar-refractivity contribution in [3.63, 3.8) is 0 Å². The van der Waals surface area contributed by atoms with Crippen molar-refractivity contribution in [2.24, 2.45) is 5.92 Å². The summed E-state index contributed by atoms with van der Waals surface area (Å²) in [6, 6.07) is 5.67. The second kappa shape index (κ2) is 7.79. The highest BCUT2D eigenvalue weighted by Gasteiger charge is 2.20. The van der Waals surface area contributed by atoms with Gasteiger partial charge in [-0.1, -0.05) is 46.9 Å². The molecule has 0 radical (unpaired) electrons. The molecule has 2 rings (SSSR count). The molecule has 1 saturated carbocycles. The molecule has 0 amide bonds. The number of hydrogen-bond acceptors (Lipinski definition) is 2. The molecule has 0 aromatic heterocycles. The first kappa shape index (κ1) is 16.3. The molecular formula is C16H23BrClNO. The van der Waals surface area contributed by atoms with E-state index < -0.39 is 6.10 Å². The highest BCUT2D eigenvalue weighted by Crippen LogP contribution is 2.29. The van der Waals surface area contributed by atoms with E-state index in [0.717, 1.165) is 35.5 Å². The van der Waals surface area contributed by atoms with Crippen LogP contribution >= 0.6 is 27.5 Å². The van der Waals surface area contributed by atoms with Gasteiger partial charge in [0.05, 0.1) is 6.10 Å². The summed E-state index contributed by atoms with van der Waals surface area (Å²) in [7, 11) is 0. The molecule has 4 heteroatoms. The van der Waals surface area contributed by atoms with Gasteiger partial charge >= 0.3 is 0 Å². The molecule has 1 aliphatic rings. The van der Waals surface area contributed by atoms with Gasteiger partial charge in [-0.2, -0.15) is 0 Å². The van der Waals surface area contributed by atoms with E-state index >= 15 is 0 Å². The predicted molar refractivity (Wildman–Crippen MR) is 88.2 cm³/mol. The predicted octanol–water partition coefficient (Wildman–Crippen LogP) is 4.65. The van der Waals surface area contributed by atoms with Crippen molar-refractivity contribution in [1.82, 2.24) is 4.90 Å². The van der Waals surface area contributed by atoms with Gasteiger partial charge in [0, 0.05) is 22.6 Å². The minimum absolute atomic E-state index is 0.481. The van der Waals surface area contributed by atoms with Gasteiger partial charge in [-0.25, -0.2) is 0 Å². The second-order valence-electron chi connectivity index (χ2n) is 5.66. The zero-order valence-electron chi connectivity index (χ0n) is 12.0. The molecular weight excluding hydrogens is 338 g/mol. The van der Waals surface area contributed by atoms with E-state index in [1.807, 2.05) is 18.2 Å². The quantitative estimate of drug-likeness (QED) is 0.765. The molecule has 20 heavy (non-hydrogen) atoms. The summed E-state index contributed by atoms with van der Waals surface area (Å²) in [6.07, 6.45) is 4.39. The van der Waals surface area contributed by atoms with Gasteiger partial charge in [0.15, 0.2) is 0 Å². The average Bonchev–Trinajstić information content (AvgIpc) is 2.36. The van der Waals surface area contributed by atoms with Crippen LogP contribution in [0.4, 0.5) is 0 Å². The second-order valence-corrected chi connectivity index (χ2v) is 6.98. The lowest BCUT2D eigenvalue weighted by atomic mass is 9.85. The fraction of sp³-hybridized carbons (Fsp3) is 0.625. The standard InChI is InChI=1S/C16H23BrClNO/c1-2-19(11-12-4-3-5-12)9-8-16(20)14-7-6-13(17)10-15(14)18/h6-7,10,12,16,20H,2-5,8-9,11H2,1H3. The van der Waals surface area contributed by atoms with Gasteiger partial charge in [0.25, 0.3) is 0 Å². The molecule has 0 saturated heterocycles. The Bertz CT molecular complexity index is 436. The molecule has 1 fully saturated rings. The first-order valence-corrected chi connectivity index (χ1v) is 8.62. The summed E-state index contributed by atoms with van der Waals surface area (Å²) in [4.78, 5) is 2.44. The van der Waals surface area contributed by atoms with E-state index in [-0.39, 0.29) is 0 Å². The van der Waals surface area contributed by atoms with Crippen molar-refractivity contribution >= 4 is 27.5 Å². The summed E-state index contributed by atoms with van der Waals surface area (Å²) < 4.78 is 0.943. The van der Waals surface area contributed by atoms with Crippen LogP contribution in [-0.4, -0.2) is 29.6 Å². The first-order valence-electron chi connectivity index (χ1n) is 7.45. The van der Waals surface area contributed by atoms with Gasteiger partial charge < -0.3 is 10.0 Å². The van der Waals surface area contributed by atoms with E-state index in [2.05, 4.69) is 27.8 Å². The fourth-order valence-corrected chi connectivity index (χ4v) is 3.45. The monoisotopic (exact) mass is 359 g/mol. The van der Waals surface area contributed by atoms with Gasteiger partial charge in [-0.05, 0) is 49.4 Å². The lowest BCUT2D eigenvalue weighted by molar-refractivity contribution is 0.126. The molecule has 1 atom stereocenters. The van der Waals surface area contributed by atoms with Crippen molar-refractivity contribution in [2.75, 3.05) is 19.6 Å². The molecule has 1 N–H and O–H groups in total. The molecule has 1 aromatic rings. The van der Waals surface area contributed by atoms with Crippen LogP contribution in [0.2, 0.25) is 5.02 Å². The third-order valence-electron chi connectivity index (χ3n) is 4.23. The normalized spacial score (nSPS) is 17.2. The summed E-state index contributed by atoms with van der Waals surface area (Å²) in [5.41, 5.74) is 0.828. The fourth-order valence-electron chi connectivity index (χ4n) is 2.65. The number of benzene rings is 1. The highest BCUT2D eigenvalue weighted by molar-refractivity contribution is 9.10. The molecule has 1 unspecified atom stereocenters. The zero-order valence-corrected chi connectivity index (χ0v) is 14.3. The van der Waals surface area contributed by atoms with E-state index in [1.54, 1.807) is 0 Å². The maximum absolute atomic E-state index is 10.3. The average molecular weight is 361 g/mol. The molecule has 0 aliphatic heterocycles. The Morgan fingerprint density at radius 2 is 2.20 bits per heavy atom. The lowest BCUT2D eigenvalue weighted by Crippen LogP contribution is -2.33. The van der Waals surface area contributed by atoms with Crippen LogP contribution in [0.3, 0.4) is 0 Å². The molecule has 0 bridgehead atoms. The first-order chi connectivity index (χ1) is 9.60. The molecule has 1 aromatic carbocycles. The highest BCUT2D eigenvalue weighted by atomic mass is 79.9. The number of nitrogens with zero attached hydrogens (tertiary/aromatic N) is 1. The number of hydrogen-bond donors (Lipinski definition) is 1. The lowest BCUT2D eigenvalue weighted by Gasteiger charge is -2.32. The maximum atomic E-state index is 10.3. The van der Waals surface area contributed by atoms with Crippen LogP contribution in [0, 0.1) is 5.92 Å². The van der Waals surface area contributed by atoms with E-state index in [4.69, 9.17) is 11.6 Å². The van der Waals surface area contributed by atoms with Crippen molar-refractivity contribution in [3.05, 3.63) is 33.3 Å². The van der Waals surface area contributed by atoms with Gasteiger partial charge in [-0.15, -0.1) is 0 Å². The van der Waals surface area contributed by atoms with Crippen molar-refractivity contribution in [1.29, 1.82) is 0 Å². The third kappa shape index (κ3) is 4.45. The van der Waals surface area contributed by atoms with Crippen LogP contribution in [0.25, 0.3) is 0 Å². The van der Waals surface area contributed by atoms with Gasteiger partial charge in [-0.3, -0.25) is 0 Å². The van der Waals surface area contributed by atoms with E-state index in [9.17, 15) is 5.11 Å². The zero-order chi connectivity index (χ0) is 14.5. The summed E-state index contributed by atoms with van der Waals surface area (Å²) in [5.74, 6) is 0.878. The van der Waals surface area contributed by atoms with Crippen LogP contribution in [-0.2, 0) is 0 Å². The van der Waals surface area contributed by atoms with Crippen molar-refractivity contribution in [3.8, 4) is 0 Å². The van der Waals surface area contributed by atoms with Gasteiger partial charge in [0.1, 0.15) is 0 Å². The Balaban J connectivity index is 1.84. The number of aliphatic hydroxyl groups excluding tert-OH is 1. The molecule has 0 heterocycles. The summed E-state index contributed by atoms with van der Waals surface area (Å²) in [5, 5.41) is 10.9. The van der Waals surface area contributed by atoms with Crippen molar-refractivity contribution < 1.29 is 5.11 Å². The van der Waals surface area contributed by atoms with Crippen LogP contribution in [0.15, 0.2) is 22.7 Å². The van der Waals surface area contributed by atoms with Gasteiger partial charge in [0.2, 0.25) is 0 Å². The van der Waals surface area contributed by atoms with Crippen LogP contribution in [0.5, 0.6) is 0 Å². The SMILES string of the molecule is CCN(CCC(O)c1ccc(Br)cc1Cl)CC1CCC1. The minimum Gasteiger partial charge on any atom is -0.388 e. The summed E-state index contributed by atoms with van der Waals surface area (Å²) >= 11 is 9.57. The topological polar surface area (TPSA) is 23.5 Å². The number of aliphatic hydroxyl groups is 1.